The number of aromatic amines is 1. The number of aliphatic hydroxyl groups is 1. The van der Waals surface area contributed by atoms with Gasteiger partial charge in [-0.3, -0.25) is 33.5 Å². The second kappa shape index (κ2) is 14.6. The third kappa shape index (κ3) is 7.61. The highest BCUT2D eigenvalue weighted by Crippen LogP contribution is 2.56. The van der Waals surface area contributed by atoms with E-state index in [0.29, 0.717) is 17.6 Å². The van der Waals surface area contributed by atoms with E-state index in [9.17, 15) is 19.6 Å². The maximum absolute atomic E-state index is 15.7. The zero-order valence-electron chi connectivity index (χ0n) is 31.3. The number of hydrogen-bond donors (Lipinski definition) is 5. The fourth-order valence-corrected chi connectivity index (χ4v) is 9.40. The number of fused-ring (bicyclic) bond motifs is 3. The molecule has 4 aromatic rings. The Hall–Kier alpha value is -3.31. The minimum Gasteiger partial charge on any atom is -0.408 e. The van der Waals surface area contributed by atoms with Crippen molar-refractivity contribution in [3.63, 3.8) is 0 Å². The second-order valence-electron chi connectivity index (χ2n) is 16.0. The zero-order chi connectivity index (χ0) is 39.8. The van der Waals surface area contributed by atoms with Gasteiger partial charge in [0.1, 0.15) is 36.3 Å². The molecule has 5 unspecified atom stereocenters. The summed E-state index contributed by atoms with van der Waals surface area (Å²) in [5, 5.41) is 12.9. The van der Waals surface area contributed by atoms with Gasteiger partial charge in [-0.05, 0) is 42.3 Å². The number of carbonyl (C=O) groups excluding carboxylic acids is 1. The molecule has 3 aliphatic rings. The molecule has 1 amide bonds. The minimum atomic E-state index is -4.19. The van der Waals surface area contributed by atoms with Crippen molar-refractivity contribution < 1.29 is 42.1 Å². The molecule has 55 heavy (non-hydrogen) atoms. The minimum absolute atomic E-state index is 0.0273. The summed E-state index contributed by atoms with van der Waals surface area (Å²) in [6, 6.07) is 0. The Morgan fingerprint density at radius 3 is 2.45 bits per heavy atom. The van der Waals surface area contributed by atoms with Crippen LogP contribution in [0.3, 0.4) is 0 Å². The van der Waals surface area contributed by atoms with Gasteiger partial charge in [0, 0.05) is 11.8 Å². The number of H-pyrrole nitrogens is 1. The Kier molecular flexibility index (Phi) is 10.6. The number of nitrogens with one attached hydrogen (secondary N) is 2. The molecule has 0 radical (unpaired) electrons. The molecule has 300 valence electrons. The Bertz CT molecular complexity index is 2200. The lowest BCUT2D eigenvalue weighted by atomic mass is 10.1. The fraction of sp³-hybridized carbons (Fsp3) is 0.656. The lowest BCUT2D eigenvalue weighted by molar-refractivity contribution is -0.146. The second-order valence-corrected chi connectivity index (χ2v) is 23.5. The van der Waals surface area contributed by atoms with Gasteiger partial charge in [-0.2, -0.15) is 4.98 Å². The number of alkyl halides is 1. The van der Waals surface area contributed by atoms with E-state index in [-0.39, 0.29) is 52.3 Å². The molecule has 3 fully saturated rings. The Morgan fingerprint density at radius 1 is 1.11 bits per heavy atom. The molecule has 0 bridgehead atoms. The molecular formula is C32H46FN10O9PSSi. The number of nitrogen functional groups attached to an aromatic ring is 1. The highest BCUT2D eigenvalue weighted by molar-refractivity contribution is 8.07. The molecule has 6 N–H and O–H groups in total. The maximum atomic E-state index is 15.7. The lowest BCUT2D eigenvalue weighted by Crippen LogP contribution is -2.50. The predicted octanol–water partition coefficient (Wildman–Crippen LogP) is 2.91. The van der Waals surface area contributed by atoms with E-state index in [2.05, 4.69) is 35.2 Å². The van der Waals surface area contributed by atoms with Crippen molar-refractivity contribution in [2.45, 2.75) is 102 Å². The van der Waals surface area contributed by atoms with Crippen LogP contribution < -0.4 is 16.6 Å². The van der Waals surface area contributed by atoms with Gasteiger partial charge >= 0.3 is 6.72 Å². The molecule has 10 atom stereocenters. The maximum Gasteiger partial charge on any atom is 0.325 e. The van der Waals surface area contributed by atoms with Crippen LogP contribution >= 0.6 is 6.72 Å². The van der Waals surface area contributed by atoms with Crippen LogP contribution in [0.15, 0.2) is 23.8 Å². The highest BCUT2D eigenvalue weighted by Gasteiger charge is 2.58. The monoisotopic (exact) mass is 824 g/mol. The first-order valence-electron chi connectivity index (χ1n) is 17.9. The molecule has 23 heteroatoms. The van der Waals surface area contributed by atoms with Gasteiger partial charge in [-0.1, -0.05) is 34.6 Å². The molecule has 1 aliphatic carbocycles. The van der Waals surface area contributed by atoms with Gasteiger partial charge in [0.05, 0.1) is 32.0 Å². The average molecular weight is 825 g/mol. The molecule has 19 nitrogen and oxygen atoms in total. The van der Waals surface area contributed by atoms with Crippen molar-refractivity contribution in [1.82, 2.24) is 39.0 Å². The third-order valence-electron chi connectivity index (χ3n) is 10.9. The first-order valence-corrected chi connectivity index (χ1v) is 23.4. The van der Waals surface area contributed by atoms with Crippen molar-refractivity contribution in [3.8, 4) is 0 Å². The van der Waals surface area contributed by atoms with Crippen LogP contribution in [0.25, 0.3) is 22.3 Å². The molecule has 1 saturated carbocycles. The topological polar surface area (TPSA) is 249 Å². The van der Waals surface area contributed by atoms with E-state index >= 15 is 4.39 Å². The van der Waals surface area contributed by atoms with E-state index in [1.54, 1.807) is 13.8 Å². The van der Waals surface area contributed by atoms with E-state index in [0.717, 1.165) is 0 Å². The van der Waals surface area contributed by atoms with Crippen molar-refractivity contribution in [3.05, 3.63) is 29.3 Å². The molecule has 2 saturated heterocycles. The molecular weight excluding hydrogens is 779 g/mol. The number of anilines is 2. The number of aliphatic hydroxyl groups excluding tert-OH is 1. The summed E-state index contributed by atoms with van der Waals surface area (Å²) in [6.45, 7) is 8.62. The summed E-state index contributed by atoms with van der Waals surface area (Å²) in [6.07, 6.45) is -3.02. The summed E-state index contributed by atoms with van der Waals surface area (Å²) in [5.41, 5.74) is 5.92. The van der Waals surface area contributed by atoms with Gasteiger partial charge in [0.2, 0.25) is 11.9 Å². The Morgan fingerprint density at radius 2 is 1.78 bits per heavy atom. The van der Waals surface area contributed by atoms with Crippen LogP contribution in [-0.4, -0.2) is 107 Å². The van der Waals surface area contributed by atoms with Crippen LogP contribution in [0.1, 0.15) is 53.5 Å². The van der Waals surface area contributed by atoms with Gasteiger partial charge < -0.3 is 34.2 Å². The van der Waals surface area contributed by atoms with E-state index in [4.69, 9.17) is 40.5 Å². The highest BCUT2D eigenvalue weighted by atomic mass is 32.5. The van der Waals surface area contributed by atoms with Crippen LogP contribution in [0.5, 0.6) is 0 Å². The van der Waals surface area contributed by atoms with Crippen LogP contribution in [0, 0.1) is 17.8 Å². The lowest BCUT2D eigenvalue weighted by Gasteiger charge is -2.40. The van der Waals surface area contributed by atoms with E-state index in [1.807, 2.05) is 33.9 Å². The summed E-state index contributed by atoms with van der Waals surface area (Å²) < 4.78 is 50.1. The molecule has 2 aliphatic heterocycles. The molecule has 6 heterocycles. The number of hydrogen-bond acceptors (Lipinski definition) is 15. The standard InChI is InChI=1S/C32H46FN10O9PSSi/c1-14(2)27(45)40-31-39-26-21(28(46)41-31)38-13-43(26)30-23(22(17(9-44)49-30)52-55(6,7)32(3,4)5)51-53(47,54)48-10-18-15-8-16(15)19(33)29(50-18)42-12-37-20-24(34)35-11-36-25(20)42/h11-19,22-23,29-30,44H,8-10H2,1-7H3,(H,47,54)(H2,34,35,36)(H2,39,40,41,45,46)/t15-,16?,17+,18+,19?,22?,23?,29+,30+,53?/m0/s1. The quantitative estimate of drug-likeness (QED) is 0.102. The first kappa shape index (κ1) is 39.9. The van der Waals surface area contributed by atoms with Crippen molar-refractivity contribution in [2.24, 2.45) is 17.8 Å². The number of ether oxygens (including phenoxy) is 2. The fourth-order valence-electron chi connectivity index (χ4n) is 6.67. The largest absolute Gasteiger partial charge is 0.408 e. The molecule has 0 aromatic carbocycles. The number of nitrogens with two attached hydrogens (primary N) is 1. The van der Waals surface area contributed by atoms with Crippen LogP contribution in [0.2, 0.25) is 18.1 Å². The number of rotatable bonds is 12. The predicted molar refractivity (Wildman–Crippen MR) is 202 cm³/mol. The first-order chi connectivity index (χ1) is 25.8. The van der Waals surface area contributed by atoms with Crippen molar-refractivity contribution >= 4 is 66.8 Å². The average Bonchev–Trinajstić information content (AvgIpc) is 3.45. The van der Waals surface area contributed by atoms with Gasteiger partial charge in [0.15, 0.2) is 43.4 Å². The number of aromatic nitrogens is 8. The van der Waals surface area contributed by atoms with Crippen molar-refractivity contribution in [1.29, 1.82) is 0 Å². The summed E-state index contributed by atoms with van der Waals surface area (Å²) in [7, 11) is -2.61. The smallest absolute Gasteiger partial charge is 0.325 e. The zero-order valence-corrected chi connectivity index (χ0v) is 34.0. The van der Waals surface area contributed by atoms with Crippen molar-refractivity contribution in [2.75, 3.05) is 24.3 Å². The molecule has 4 aromatic heterocycles. The Labute approximate surface area is 320 Å². The number of halogens is 1. The number of imidazole rings is 2. The van der Waals surface area contributed by atoms with Gasteiger partial charge in [-0.15, -0.1) is 0 Å². The Balaban J connectivity index is 1.17. The van der Waals surface area contributed by atoms with Crippen LogP contribution in [-0.2, 0) is 39.5 Å². The number of nitrogens with zero attached hydrogens (tertiary/aromatic N) is 7. The summed E-state index contributed by atoms with van der Waals surface area (Å²) in [4.78, 5) is 60.8. The van der Waals surface area contributed by atoms with Gasteiger partial charge in [-0.25, -0.2) is 24.3 Å². The summed E-state index contributed by atoms with van der Waals surface area (Å²) >= 11 is 5.59. The third-order valence-corrected chi connectivity index (χ3v) is 16.9. The van der Waals surface area contributed by atoms with E-state index in [1.165, 1.54) is 28.1 Å². The summed E-state index contributed by atoms with van der Waals surface area (Å²) in [5.74, 6) is -1.27. The van der Waals surface area contributed by atoms with Gasteiger partial charge in [0.25, 0.3) is 5.56 Å². The normalized spacial score (nSPS) is 29.5. The number of carbonyl (C=O) groups is 1. The molecule has 7 rings (SSSR count). The van der Waals surface area contributed by atoms with E-state index < -0.39 is 76.2 Å². The number of amides is 1. The van der Waals surface area contributed by atoms with Crippen LogP contribution in [0.4, 0.5) is 16.2 Å². The molecule has 0 spiro atoms. The SMILES string of the molecule is CC(C)C(=O)Nc1nc2c(ncn2[C@@H]2O[C@H](CO)C(O[Si](C)(C)C(C)(C)C)C2OP(O)(=S)OC[C@H]2O[C@@H](n3cnc4c(N)ncnc43)C(F)C3C[C@@H]32)c(=O)[nH]1.